The lowest BCUT2D eigenvalue weighted by Gasteiger charge is -2.28. The molecule has 1 amide bonds. The van der Waals surface area contributed by atoms with Crippen LogP contribution in [0.25, 0.3) is 6.08 Å². The summed E-state index contributed by atoms with van der Waals surface area (Å²) in [5.74, 6) is 0.139. The van der Waals surface area contributed by atoms with Gasteiger partial charge in [0.1, 0.15) is 5.75 Å². The average molecular weight is 425 g/mol. The predicted octanol–water partition coefficient (Wildman–Crippen LogP) is 6.45. The van der Waals surface area contributed by atoms with E-state index in [4.69, 9.17) is 11.6 Å². The Hall–Kier alpha value is -2.59. The van der Waals surface area contributed by atoms with E-state index in [0.29, 0.717) is 27.7 Å². The summed E-state index contributed by atoms with van der Waals surface area (Å²) in [6, 6.07) is 10.9. The monoisotopic (exact) mass is 424 g/mol. The normalized spacial score (nSPS) is 16.4. The molecule has 158 valence electrons. The Kier molecular flexibility index (Phi) is 5.59. The van der Waals surface area contributed by atoms with E-state index in [1.807, 2.05) is 25.1 Å². The van der Waals surface area contributed by atoms with Crippen LogP contribution in [0.1, 0.15) is 65.2 Å². The lowest BCUT2D eigenvalue weighted by molar-refractivity contribution is -0.114. The Balaban J connectivity index is 2.09. The Morgan fingerprint density at radius 1 is 0.967 bits per heavy atom. The summed E-state index contributed by atoms with van der Waals surface area (Å²) in [6.07, 6.45) is 1.86. The van der Waals surface area contributed by atoms with Crippen LogP contribution in [0.5, 0.6) is 5.75 Å². The smallest absolute Gasteiger partial charge is 0.280 e. The number of rotatable bonds is 2. The predicted molar refractivity (Wildman–Crippen MR) is 126 cm³/mol. The molecule has 0 fully saturated rings. The van der Waals surface area contributed by atoms with Crippen molar-refractivity contribution in [3.63, 3.8) is 0 Å². The summed E-state index contributed by atoms with van der Waals surface area (Å²) in [7, 11) is 0. The molecule has 1 N–H and O–H groups in total. The minimum absolute atomic E-state index is 0.183. The number of phenolic OH excluding ortho intramolecular Hbond substituents is 1. The maximum absolute atomic E-state index is 13.1. The Morgan fingerprint density at radius 2 is 1.47 bits per heavy atom. The number of aromatic hydroxyl groups is 1. The highest BCUT2D eigenvalue weighted by Crippen LogP contribution is 2.40. The summed E-state index contributed by atoms with van der Waals surface area (Å²) >= 11 is 5.96. The van der Waals surface area contributed by atoms with Gasteiger partial charge in [0, 0.05) is 16.1 Å². The number of hydrogen-bond acceptors (Lipinski definition) is 3. The number of anilines is 1. The van der Waals surface area contributed by atoms with E-state index in [0.717, 1.165) is 16.7 Å². The topological polar surface area (TPSA) is 52.9 Å². The molecule has 0 spiro atoms. The van der Waals surface area contributed by atoms with Gasteiger partial charge < -0.3 is 5.11 Å². The molecule has 3 rings (SSSR count). The molecule has 1 heterocycles. The maximum Gasteiger partial charge on any atom is 0.280 e. The van der Waals surface area contributed by atoms with Crippen LogP contribution < -0.4 is 5.01 Å². The van der Waals surface area contributed by atoms with Gasteiger partial charge in [-0.15, -0.1) is 0 Å². The quantitative estimate of drug-likeness (QED) is 0.563. The fraction of sp³-hybridized carbons (Fsp3) is 0.360. The zero-order chi connectivity index (χ0) is 22.4. The van der Waals surface area contributed by atoms with E-state index in [-0.39, 0.29) is 16.7 Å². The van der Waals surface area contributed by atoms with Crippen molar-refractivity contribution in [2.45, 2.75) is 59.3 Å². The first-order valence-electron chi connectivity index (χ1n) is 10.0. The van der Waals surface area contributed by atoms with Gasteiger partial charge in [-0.2, -0.15) is 10.1 Å². The highest BCUT2D eigenvalue weighted by atomic mass is 35.5. The van der Waals surface area contributed by atoms with Crippen LogP contribution in [0.3, 0.4) is 0 Å². The van der Waals surface area contributed by atoms with Crippen molar-refractivity contribution in [2.75, 3.05) is 5.01 Å². The van der Waals surface area contributed by atoms with Gasteiger partial charge in [0.15, 0.2) is 0 Å². The molecular formula is C25H29ClN2O2. The van der Waals surface area contributed by atoms with Gasteiger partial charge in [-0.25, -0.2) is 0 Å². The van der Waals surface area contributed by atoms with Gasteiger partial charge in [0.2, 0.25) is 0 Å². The Morgan fingerprint density at radius 3 is 1.93 bits per heavy atom. The van der Waals surface area contributed by atoms with Crippen LogP contribution in [0.15, 0.2) is 47.1 Å². The van der Waals surface area contributed by atoms with E-state index in [1.54, 1.807) is 24.3 Å². The fourth-order valence-corrected chi connectivity index (χ4v) is 3.62. The molecule has 1 aliphatic heterocycles. The van der Waals surface area contributed by atoms with Crippen molar-refractivity contribution in [1.82, 2.24) is 0 Å². The molecule has 4 nitrogen and oxygen atoms in total. The molecule has 0 unspecified atom stereocenters. The van der Waals surface area contributed by atoms with E-state index in [9.17, 15) is 9.90 Å². The van der Waals surface area contributed by atoms with Gasteiger partial charge in [-0.3, -0.25) is 4.79 Å². The fourth-order valence-electron chi connectivity index (χ4n) is 3.49. The van der Waals surface area contributed by atoms with Gasteiger partial charge in [0.25, 0.3) is 5.91 Å². The second kappa shape index (κ2) is 7.59. The molecule has 2 aromatic rings. The van der Waals surface area contributed by atoms with Crippen LogP contribution in [0.2, 0.25) is 5.02 Å². The molecule has 30 heavy (non-hydrogen) atoms. The standard InChI is InChI=1S/C25H29ClN2O2/c1-15-19(23(30)28(27-15)18-10-8-17(26)9-11-18)12-16-13-20(24(2,3)4)22(29)21(14-16)25(5,6)7/h8-14,29H,1-7H3. The van der Waals surface area contributed by atoms with Crippen molar-refractivity contribution in [1.29, 1.82) is 0 Å². The molecule has 0 bridgehead atoms. The molecule has 0 atom stereocenters. The Labute approximate surface area is 183 Å². The summed E-state index contributed by atoms with van der Waals surface area (Å²) in [6.45, 7) is 14.3. The number of carbonyl (C=O) groups excluding carboxylic acids is 1. The van der Waals surface area contributed by atoms with Gasteiger partial charge >= 0.3 is 0 Å². The number of hydrogen-bond donors (Lipinski definition) is 1. The number of amides is 1. The molecular weight excluding hydrogens is 396 g/mol. The van der Waals surface area contributed by atoms with Crippen molar-refractivity contribution >= 4 is 35.0 Å². The van der Waals surface area contributed by atoms with Crippen molar-refractivity contribution < 1.29 is 9.90 Å². The zero-order valence-electron chi connectivity index (χ0n) is 18.7. The average Bonchev–Trinajstić information content (AvgIpc) is 2.90. The number of halogens is 1. The molecule has 1 aliphatic rings. The second-order valence-corrected chi connectivity index (χ2v) is 10.2. The largest absolute Gasteiger partial charge is 0.507 e. The lowest BCUT2D eigenvalue weighted by Crippen LogP contribution is -2.21. The van der Waals surface area contributed by atoms with Crippen LogP contribution in [0, 0.1) is 0 Å². The molecule has 0 aliphatic carbocycles. The van der Waals surface area contributed by atoms with E-state index < -0.39 is 0 Å². The number of benzene rings is 2. The summed E-state index contributed by atoms with van der Waals surface area (Å²) < 4.78 is 0. The maximum atomic E-state index is 13.1. The molecule has 0 saturated heterocycles. The van der Waals surface area contributed by atoms with Gasteiger partial charge in [-0.1, -0.05) is 53.1 Å². The number of nitrogens with zero attached hydrogens (tertiary/aromatic N) is 2. The van der Waals surface area contributed by atoms with Gasteiger partial charge in [-0.05, 0) is 65.8 Å². The SMILES string of the molecule is CC1=NN(c2ccc(Cl)cc2)C(=O)C1=Cc1cc(C(C)(C)C)c(O)c(C(C)(C)C)c1. The van der Waals surface area contributed by atoms with Crippen molar-refractivity contribution in [2.24, 2.45) is 5.10 Å². The number of carbonyl (C=O) groups is 1. The third-order valence-electron chi connectivity index (χ3n) is 5.19. The summed E-state index contributed by atoms with van der Waals surface area (Å²) in [5, 5.41) is 17.4. The second-order valence-electron chi connectivity index (χ2n) is 9.80. The van der Waals surface area contributed by atoms with Crippen LogP contribution in [-0.4, -0.2) is 16.7 Å². The van der Waals surface area contributed by atoms with Crippen molar-refractivity contribution in [3.8, 4) is 5.75 Å². The third kappa shape index (κ3) is 4.29. The van der Waals surface area contributed by atoms with Crippen LogP contribution in [0.4, 0.5) is 5.69 Å². The minimum Gasteiger partial charge on any atom is -0.507 e. The minimum atomic E-state index is -0.239. The highest BCUT2D eigenvalue weighted by Gasteiger charge is 2.30. The Bertz CT molecular complexity index is 1020. The van der Waals surface area contributed by atoms with E-state index in [2.05, 4.69) is 46.6 Å². The van der Waals surface area contributed by atoms with Crippen molar-refractivity contribution in [3.05, 3.63) is 63.7 Å². The molecule has 0 radical (unpaired) electrons. The third-order valence-corrected chi connectivity index (χ3v) is 5.45. The van der Waals surface area contributed by atoms with E-state index >= 15 is 0 Å². The molecule has 5 heteroatoms. The first-order chi connectivity index (χ1) is 13.8. The first kappa shape index (κ1) is 22.1. The highest BCUT2D eigenvalue weighted by molar-refractivity contribution is 6.32. The zero-order valence-corrected chi connectivity index (χ0v) is 19.4. The molecule has 0 saturated carbocycles. The number of hydrazone groups is 1. The van der Waals surface area contributed by atoms with Crippen LogP contribution in [-0.2, 0) is 15.6 Å². The van der Waals surface area contributed by atoms with Crippen LogP contribution >= 0.6 is 11.6 Å². The summed E-state index contributed by atoms with van der Waals surface area (Å²) in [4.78, 5) is 13.1. The van der Waals surface area contributed by atoms with E-state index in [1.165, 1.54) is 5.01 Å². The molecule has 2 aromatic carbocycles. The molecule has 0 aromatic heterocycles. The first-order valence-corrected chi connectivity index (χ1v) is 10.4. The number of phenols is 1. The lowest BCUT2D eigenvalue weighted by atomic mass is 9.78. The van der Waals surface area contributed by atoms with Gasteiger partial charge in [0.05, 0.1) is 17.0 Å². The summed E-state index contributed by atoms with van der Waals surface area (Å²) in [5.41, 5.74) is 3.97.